The Morgan fingerprint density at radius 2 is 1.29 bits per heavy atom. The van der Waals surface area contributed by atoms with E-state index in [4.69, 9.17) is 5.11 Å². The zero-order valence-electron chi connectivity index (χ0n) is 15.3. The average molecular weight is 331 g/mol. The summed E-state index contributed by atoms with van der Waals surface area (Å²) in [5, 5.41) is 8.47. The van der Waals surface area contributed by atoms with Gasteiger partial charge in [-0.15, -0.1) is 0 Å². The first-order valence-electron chi connectivity index (χ1n) is 9.47. The van der Waals surface area contributed by atoms with Crippen LogP contribution in [0.15, 0.2) is 47.9 Å². The van der Waals surface area contributed by atoms with Crippen molar-refractivity contribution in [1.82, 2.24) is 0 Å². The van der Waals surface area contributed by atoms with Crippen molar-refractivity contribution < 1.29 is 9.90 Å². The number of carboxylic acid groups (broad SMARTS) is 1. The van der Waals surface area contributed by atoms with Crippen molar-refractivity contribution in [3.8, 4) is 0 Å². The van der Waals surface area contributed by atoms with Crippen LogP contribution in [0.2, 0.25) is 0 Å². The van der Waals surface area contributed by atoms with E-state index in [0.717, 1.165) is 6.42 Å². The van der Waals surface area contributed by atoms with E-state index in [2.05, 4.69) is 24.5 Å². The minimum absolute atomic E-state index is 0.172. The number of rotatable bonds is 15. The Hall–Kier alpha value is -1.75. The molecule has 0 bridgehead atoms. The van der Waals surface area contributed by atoms with E-state index in [9.17, 15) is 4.79 Å². The lowest BCUT2D eigenvalue weighted by molar-refractivity contribution is -0.136. The molecule has 0 atom stereocenters. The molecule has 0 radical (unpaired) electrons. The summed E-state index contributed by atoms with van der Waals surface area (Å²) in [5.74, 6) is -0.767. The molecule has 2 nitrogen and oxygen atoms in total. The summed E-state index contributed by atoms with van der Waals surface area (Å²) in [6, 6.07) is 0. The molecule has 0 fully saturated rings. The van der Waals surface area contributed by atoms with Gasteiger partial charge in [-0.1, -0.05) is 94.1 Å². The Balaban J connectivity index is 3.50. The van der Waals surface area contributed by atoms with Crippen molar-refractivity contribution in [2.45, 2.75) is 84.0 Å². The van der Waals surface area contributed by atoms with Gasteiger partial charge in [-0.25, -0.2) is 0 Å². The Labute approximate surface area is 148 Å². The molecule has 0 aromatic rings. The second-order valence-electron chi connectivity index (χ2n) is 6.03. The molecule has 0 spiro atoms. The normalized spacial score (nSPS) is 10.7. The van der Waals surface area contributed by atoms with Gasteiger partial charge >= 0.3 is 5.97 Å². The predicted octanol–water partition coefficient (Wildman–Crippen LogP) is 6.75. The van der Waals surface area contributed by atoms with Crippen molar-refractivity contribution in [2.24, 2.45) is 0 Å². The minimum Gasteiger partial charge on any atom is -0.481 e. The molecule has 0 saturated heterocycles. The van der Waals surface area contributed by atoms with Gasteiger partial charge in [0, 0.05) is 6.42 Å². The van der Waals surface area contributed by atoms with E-state index in [1.54, 1.807) is 12.2 Å². The van der Waals surface area contributed by atoms with Crippen molar-refractivity contribution in [2.75, 3.05) is 0 Å². The Bertz CT molecular complexity index is 445. The third kappa shape index (κ3) is 20.2. The molecule has 0 rings (SSSR count). The average Bonchev–Trinajstić information content (AvgIpc) is 2.56. The molecule has 0 saturated carbocycles. The second kappa shape index (κ2) is 19.3. The van der Waals surface area contributed by atoms with E-state index in [-0.39, 0.29) is 6.42 Å². The zero-order chi connectivity index (χ0) is 17.7. The van der Waals surface area contributed by atoms with Gasteiger partial charge in [0.25, 0.3) is 0 Å². The van der Waals surface area contributed by atoms with Gasteiger partial charge in [0.05, 0.1) is 0 Å². The lowest BCUT2D eigenvalue weighted by Crippen LogP contribution is -1.91. The van der Waals surface area contributed by atoms with Gasteiger partial charge < -0.3 is 5.11 Å². The highest BCUT2D eigenvalue weighted by Crippen LogP contribution is 2.10. The largest absolute Gasteiger partial charge is 0.481 e. The monoisotopic (exact) mass is 330 g/mol. The van der Waals surface area contributed by atoms with E-state index >= 15 is 0 Å². The van der Waals surface area contributed by atoms with Crippen LogP contribution in [0.5, 0.6) is 0 Å². The molecule has 0 unspecified atom stereocenters. The van der Waals surface area contributed by atoms with Gasteiger partial charge in [-0.2, -0.15) is 0 Å². The summed E-state index contributed by atoms with van der Waals surface area (Å²) in [6.07, 6.45) is 25.6. The maximum Gasteiger partial charge on any atom is 0.303 e. The number of carbonyl (C=O) groups is 1. The van der Waals surface area contributed by atoms with Crippen molar-refractivity contribution in [3.05, 3.63) is 47.9 Å². The van der Waals surface area contributed by atoms with Gasteiger partial charge in [0.1, 0.15) is 0 Å². The Morgan fingerprint density at radius 3 is 1.83 bits per heavy atom. The lowest BCUT2D eigenvalue weighted by atomic mass is 10.1. The summed E-state index contributed by atoms with van der Waals surface area (Å²) in [6.45, 7) is 2.26. The lowest BCUT2D eigenvalue weighted by Gasteiger charge is -2.00. The van der Waals surface area contributed by atoms with Crippen molar-refractivity contribution in [3.63, 3.8) is 0 Å². The number of hydrogen-bond acceptors (Lipinski definition) is 1. The topological polar surface area (TPSA) is 37.3 Å². The van der Waals surface area contributed by atoms with E-state index in [0.29, 0.717) is 6.42 Å². The molecule has 0 aliphatic rings. The minimum atomic E-state index is -0.767. The first-order valence-corrected chi connectivity index (χ1v) is 9.47. The molecule has 2 heteroatoms. The fourth-order valence-corrected chi connectivity index (χ4v) is 2.30. The standard InChI is InChI=1S/C22H34O2/c1-2-3-4-5-6-7-8-9-10-11-12-13-14-15-16-17-18-19-20-21-22(23)24/h12-14,17-19H,2-11,20-21H2,1H3,(H,23,24)/b13-12+,17-14?,19-18+. The first-order chi connectivity index (χ1) is 11.8. The highest BCUT2D eigenvalue weighted by molar-refractivity contribution is 5.66. The summed E-state index contributed by atoms with van der Waals surface area (Å²) >= 11 is 0. The molecule has 24 heavy (non-hydrogen) atoms. The molecule has 1 N–H and O–H groups in total. The van der Waals surface area contributed by atoms with Gasteiger partial charge in [0.2, 0.25) is 0 Å². The second-order valence-corrected chi connectivity index (χ2v) is 6.03. The van der Waals surface area contributed by atoms with Gasteiger partial charge in [-0.05, 0) is 31.4 Å². The third-order valence-electron chi connectivity index (χ3n) is 3.71. The highest BCUT2D eigenvalue weighted by atomic mass is 16.4. The summed E-state index contributed by atoms with van der Waals surface area (Å²) in [5.41, 5.74) is 5.83. The highest BCUT2D eigenvalue weighted by Gasteiger charge is 1.91. The summed E-state index contributed by atoms with van der Waals surface area (Å²) < 4.78 is 0. The van der Waals surface area contributed by atoms with Crippen LogP contribution in [0.1, 0.15) is 84.0 Å². The fraction of sp³-hybridized carbons (Fsp3) is 0.591. The van der Waals surface area contributed by atoms with Crippen molar-refractivity contribution >= 4 is 5.97 Å². The fourth-order valence-electron chi connectivity index (χ4n) is 2.30. The number of aliphatic carboxylic acids is 1. The molecule has 134 valence electrons. The molecule has 0 aromatic carbocycles. The molecule has 0 amide bonds. The SMILES string of the molecule is CCCCCCCCCCC/C=C/C=C=C=C/C=C/CCC(=O)O. The third-order valence-corrected chi connectivity index (χ3v) is 3.71. The van der Waals surface area contributed by atoms with Crippen LogP contribution in [0, 0.1) is 0 Å². The summed E-state index contributed by atoms with van der Waals surface area (Å²) in [7, 11) is 0. The summed E-state index contributed by atoms with van der Waals surface area (Å²) in [4.78, 5) is 10.3. The molecular formula is C22H34O2. The number of hydrogen-bond donors (Lipinski definition) is 1. The van der Waals surface area contributed by atoms with E-state index in [1.165, 1.54) is 57.8 Å². The molecule has 0 aromatic heterocycles. The molecule has 0 heterocycles. The maximum absolute atomic E-state index is 10.3. The molecule has 0 aliphatic heterocycles. The molecular weight excluding hydrogens is 296 g/mol. The smallest absolute Gasteiger partial charge is 0.303 e. The van der Waals surface area contributed by atoms with Crippen LogP contribution in [-0.2, 0) is 4.79 Å². The van der Waals surface area contributed by atoms with Crippen LogP contribution >= 0.6 is 0 Å². The predicted molar refractivity (Wildman–Crippen MR) is 103 cm³/mol. The maximum atomic E-state index is 10.3. The Kier molecular flexibility index (Phi) is 17.9. The van der Waals surface area contributed by atoms with Crippen LogP contribution < -0.4 is 0 Å². The van der Waals surface area contributed by atoms with Crippen LogP contribution in [0.4, 0.5) is 0 Å². The number of unbranched alkanes of at least 4 members (excludes halogenated alkanes) is 9. The first kappa shape index (κ1) is 22.2. The van der Waals surface area contributed by atoms with Crippen LogP contribution in [0.3, 0.4) is 0 Å². The van der Waals surface area contributed by atoms with Gasteiger partial charge in [0.15, 0.2) is 0 Å². The Morgan fingerprint density at radius 1 is 0.792 bits per heavy atom. The molecule has 0 aliphatic carbocycles. The van der Waals surface area contributed by atoms with Crippen LogP contribution in [-0.4, -0.2) is 11.1 Å². The van der Waals surface area contributed by atoms with E-state index in [1.807, 2.05) is 18.2 Å². The number of carboxylic acids is 1. The van der Waals surface area contributed by atoms with Gasteiger partial charge in [-0.3, -0.25) is 4.79 Å². The number of allylic oxidation sites excluding steroid dienone is 6. The zero-order valence-corrected chi connectivity index (χ0v) is 15.3. The van der Waals surface area contributed by atoms with Crippen LogP contribution in [0.25, 0.3) is 0 Å². The van der Waals surface area contributed by atoms with Crippen molar-refractivity contribution in [1.29, 1.82) is 0 Å². The quantitative estimate of drug-likeness (QED) is 0.205. The van der Waals surface area contributed by atoms with E-state index < -0.39 is 5.97 Å².